The fourth-order valence-corrected chi connectivity index (χ4v) is 5.68. The quantitative estimate of drug-likeness (QED) is 0.405. The maximum absolute atomic E-state index is 10.5. The minimum Gasteiger partial charge on any atom is -0.392 e. The van der Waals surface area contributed by atoms with Crippen molar-refractivity contribution in [1.82, 2.24) is 5.32 Å². The van der Waals surface area contributed by atoms with Gasteiger partial charge in [0.25, 0.3) is 0 Å². The van der Waals surface area contributed by atoms with Gasteiger partial charge in [-0.3, -0.25) is 0 Å². The van der Waals surface area contributed by atoms with Crippen LogP contribution in [-0.2, 0) is 0 Å². The molecule has 0 bridgehead atoms. The Morgan fingerprint density at radius 3 is 2.61 bits per heavy atom. The Hall–Kier alpha value is -0.640. The lowest BCUT2D eigenvalue weighted by Crippen LogP contribution is -2.36. The number of aliphatic hydroxyl groups excluding tert-OH is 2. The molecule has 5 atom stereocenters. The van der Waals surface area contributed by atoms with E-state index in [9.17, 15) is 10.2 Å². The fourth-order valence-electron chi connectivity index (χ4n) is 5.68. The summed E-state index contributed by atoms with van der Waals surface area (Å²) in [6.45, 7) is 7.76. The molecule has 3 saturated carbocycles. The van der Waals surface area contributed by atoms with Gasteiger partial charge in [-0.15, -0.1) is 0 Å². The van der Waals surface area contributed by atoms with Gasteiger partial charge in [0.05, 0.1) is 12.2 Å². The van der Waals surface area contributed by atoms with Crippen LogP contribution < -0.4 is 5.32 Å². The van der Waals surface area contributed by atoms with E-state index in [0.29, 0.717) is 17.8 Å². The molecule has 0 aromatic rings. The summed E-state index contributed by atoms with van der Waals surface area (Å²) in [7, 11) is 0. The number of allylic oxidation sites excluding steroid dienone is 2. The minimum atomic E-state index is -0.313. The summed E-state index contributed by atoms with van der Waals surface area (Å²) in [6, 6.07) is 0. The second-order valence-electron chi connectivity index (χ2n) is 10.7. The van der Waals surface area contributed by atoms with Gasteiger partial charge in [-0.1, -0.05) is 36.6 Å². The lowest BCUT2D eigenvalue weighted by Gasteiger charge is -2.20. The van der Waals surface area contributed by atoms with Crippen LogP contribution in [0, 0.1) is 23.7 Å². The van der Waals surface area contributed by atoms with Crippen LogP contribution in [0.4, 0.5) is 0 Å². The highest BCUT2D eigenvalue weighted by Crippen LogP contribution is 2.50. The number of fused-ring (bicyclic) bond motifs is 1. The van der Waals surface area contributed by atoms with E-state index in [2.05, 4.69) is 38.2 Å². The topological polar surface area (TPSA) is 52.5 Å². The predicted octanol–water partition coefficient (Wildman–Crippen LogP) is 4.99. The van der Waals surface area contributed by atoms with Gasteiger partial charge in [0, 0.05) is 11.5 Å². The predicted molar refractivity (Wildman–Crippen MR) is 117 cm³/mol. The van der Waals surface area contributed by atoms with Crippen LogP contribution in [0.5, 0.6) is 0 Å². The van der Waals surface area contributed by atoms with Crippen LogP contribution in [0.15, 0.2) is 23.8 Å². The van der Waals surface area contributed by atoms with E-state index in [0.717, 1.165) is 32.2 Å². The molecule has 0 radical (unpaired) electrons. The van der Waals surface area contributed by atoms with Crippen molar-refractivity contribution in [2.24, 2.45) is 23.7 Å². The molecule has 3 aliphatic rings. The third kappa shape index (κ3) is 6.18. The van der Waals surface area contributed by atoms with Crippen molar-refractivity contribution in [3.05, 3.63) is 23.8 Å². The largest absolute Gasteiger partial charge is 0.392 e. The molecule has 3 rings (SSSR count). The van der Waals surface area contributed by atoms with Crippen LogP contribution in [-0.4, -0.2) is 34.5 Å². The van der Waals surface area contributed by atoms with E-state index in [4.69, 9.17) is 0 Å². The van der Waals surface area contributed by atoms with Gasteiger partial charge in [-0.05, 0) is 96.4 Å². The number of rotatable bonds is 8. The van der Waals surface area contributed by atoms with E-state index >= 15 is 0 Å². The molecule has 3 nitrogen and oxygen atoms in total. The summed E-state index contributed by atoms with van der Waals surface area (Å²) in [5, 5.41) is 24.5. The molecule has 0 aliphatic heterocycles. The minimum absolute atomic E-state index is 0.216. The molecule has 3 heteroatoms. The normalized spacial score (nSPS) is 34.0. The average molecular weight is 390 g/mol. The van der Waals surface area contributed by atoms with Crippen LogP contribution in [0.1, 0.15) is 85.0 Å². The molecule has 0 aromatic carbocycles. The van der Waals surface area contributed by atoms with Crippen molar-refractivity contribution >= 4 is 0 Å². The number of nitrogens with one attached hydrogen (secondary N) is 1. The molecule has 0 unspecified atom stereocenters. The summed E-state index contributed by atoms with van der Waals surface area (Å²) in [6.07, 6.45) is 17.9. The first-order chi connectivity index (χ1) is 13.3. The van der Waals surface area contributed by atoms with Crippen LogP contribution in [0.2, 0.25) is 0 Å². The van der Waals surface area contributed by atoms with E-state index in [1.54, 1.807) is 5.57 Å². The van der Waals surface area contributed by atoms with E-state index in [1.165, 1.54) is 38.5 Å². The third-order valence-electron chi connectivity index (χ3n) is 7.24. The van der Waals surface area contributed by atoms with Gasteiger partial charge < -0.3 is 15.5 Å². The first-order valence-electron chi connectivity index (χ1n) is 11.8. The molecule has 0 saturated heterocycles. The monoisotopic (exact) mass is 389 g/mol. The molecule has 0 amide bonds. The summed E-state index contributed by atoms with van der Waals surface area (Å²) in [5.41, 5.74) is 1.83. The van der Waals surface area contributed by atoms with Crippen molar-refractivity contribution in [1.29, 1.82) is 0 Å². The second kappa shape index (κ2) is 9.91. The van der Waals surface area contributed by atoms with Gasteiger partial charge in [-0.25, -0.2) is 0 Å². The lowest BCUT2D eigenvalue weighted by atomic mass is 9.89. The van der Waals surface area contributed by atoms with Crippen molar-refractivity contribution in [3.63, 3.8) is 0 Å². The van der Waals surface area contributed by atoms with E-state index in [1.807, 2.05) is 6.08 Å². The van der Waals surface area contributed by atoms with E-state index in [-0.39, 0.29) is 23.7 Å². The molecule has 3 fully saturated rings. The Kier molecular flexibility index (Phi) is 7.81. The summed E-state index contributed by atoms with van der Waals surface area (Å²) in [4.78, 5) is 0. The molecular formula is C25H43NO2. The number of hydrogen-bond acceptors (Lipinski definition) is 3. The Balaban J connectivity index is 1.43. The van der Waals surface area contributed by atoms with Crippen LogP contribution in [0.25, 0.3) is 0 Å². The van der Waals surface area contributed by atoms with Crippen molar-refractivity contribution in [2.45, 2.75) is 103 Å². The van der Waals surface area contributed by atoms with Crippen molar-refractivity contribution in [3.8, 4) is 0 Å². The molecule has 3 aliphatic carbocycles. The Morgan fingerprint density at radius 1 is 1.14 bits per heavy atom. The molecular weight excluding hydrogens is 346 g/mol. The third-order valence-corrected chi connectivity index (χ3v) is 7.24. The molecule has 0 spiro atoms. The molecule has 3 N–H and O–H groups in total. The highest BCUT2D eigenvalue weighted by molar-refractivity contribution is 5.18. The van der Waals surface area contributed by atoms with Gasteiger partial charge in [-0.2, -0.15) is 0 Å². The fraction of sp³-hybridized carbons (Fsp3) is 0.840. The number of unbranched alkanes of at least 4 members (excludes halogenated alkanes) is 2. The maximum Gasteiger partial charge on any atom is 0.0749 e. The average Bonchev–Trinajstić information content (AvgIpc) is 3.32. The Morgan fingerprint density at radius 2 is 1.89 bits per heavy atom. The summed E-state index contributed by atoms with van der Waals surface area (Å²) >= 11 is 0. The highest BCUT2D eigenvalue weighted by Gasteiger charge is 2.45. The maximum atomic E-state index is 10.5. The van der Waals surface area contributed by atoms with Crippen LogP contribution >= 0.6 is 0 Å². The van der Waals surface area contributed by atoms with Gasteiger partial charge in [0.15, 0.2) is 0 Å². The number of aliphatic hydroxyl groups is 2. The van der Waals surface area contributed by atoms with Gasteiger partial charge in [0.2, 0.25) is 0 Å². The molecule has 0 heterocycles. The van der Waals surface area contributed by atoms with Gasteiger partial charge in [0.1, 0.15) is 0 Å². The first-order valence-corrected chi connectivity index (χ1v) is 11.8. The molecule has 28 heavy (non-hydrogen) atoms. The van der Waals surface area contributed by atoms with Crippen molar-refractivity contribution in [2.75, 3.05) is 6.54 Å². The Labute approximate surface area is 172 Å². The smallest absolute Gasteiger partial charge is 0.0749 e. The second-order valence-corrected chi connectivity index (χ2v) is 10.7. The van der Waals surface area contributed by atoms with Gasteiger partial charge >= 0.3 is 0 Å². The zero-order chi connectivity index (χ0) is 20.1. The highest BCUT2D eigenvalue weighted by atomic mass is 16.3. The summed E-state index contributed by atoms with van der Waals surface area (Å²) < 4.78 is 0. The zero-order valence-corrected chi connectivity index (χ0v) is 18.4. The molecule has 160 valence electrons. The summed E-state index contributed by atoms with van der Waals surface area (Å²) in [5.74, 6) is 1.90. The standard InChI is InChI=1S/C25H43NO2/c1-25(2,3)26-14-8-4-5-9-18-15-20-17-24(28)21(22(20)16-18)12-13-23(27)19-10-6-7-11-19/h9,12-13,19-24,26-28H,4-8,10-11,14-17H2,1-3H3/b13-12+,18-9+/t20-,21+,22-,23+,24+/m0/s1. The van der Waals surface area contributed by atoms with E-state index < -0.39 is 0 Å². The first kappa shape index (κ1) is 22.1. The number of hydrogen-bond donors (Lipinski definition) is 3. The Bertz CT molecular complexity index is 541. The van der Waals surface area contributed by atoms with Crippen molar-refractivity contribution < 1.29 is 10.2 Å². The zero-order valence-electron chi connectivity index (χ0n) is 18.4. The lowest BCUT2D eigenvalue weighted by molar-refractivity contribution is 0.135. The van der Waals surface area contributed by atoms with Crippen LogP contribution in [0.3, 0.4) is 0 Å². The SMILES string of the molecule is CC(C)(C)NCCCC/C=C1\C[C@H]2C[C@@H](O)[C@H](/C=C/[C@@H](O)C3CCCC3)[C@H]2C1. The molecule has 0 aromatic heterocycles.